The molecule has 0 rings (SSSR count). The maximum Gasteiger partial charge on any atom is 0.471 e. The Balaban J connectivity index is 5.55. The third-order valence-electron chi connectivity index (χ3n) is 1.85. The molecule has 0 aromatic carbocycles. The molecule has 0 aromatic rings. The van der Waals surface area contributed by atoms with Crippen LogP contribution >= 0.6 is 0 Å². The number of rotatable bonds is 3. The molecule has 0 aliphatic carbocycles. The predicted octanol–water partition coefficient (Wildman–Crippen LogP) is 1.86. The fourth-order valence-corrected chi connectivity index (χ4v) is 1.07. The first-order valence-corrected chi connectivity index (χ1v) is 4.32. The van der Waals surface area contributed by atoms with Crippen molar-refractivity contribution in [3.05, 3.63) is 0 Å². The third-order valence-corrected chi connectivity index (χ3v) is 1.85. The van der Waals surface area contributed by atoms with E-state index in [0.29, 0.717) is 0 Å². The molecule has 0 heterocycles. The van der Waals surface area contributed by atoms with E-state index in [4.69, 9.17) is 5.11 Å². The average Bonchev–Trinajstić information content (AvgIpc) is 2.09. The van der Waals surface area contributed by atoms with Crippen LogP contribution in [0.15, 0.2) is 0 Å². The standard InChI is InChI=1S/C7H4F9NO3/c8-5(9,10)2(6(11,12)13)1(3(18)19)17-4(20)7(14,15)16/h1-2H,(H,17,20)(H,18,19). The minimum absolute atomic E-state index is 0.166. The van der Waals surface area contributed by atoms with E-state index in [0.717, 1.165) is 0 Å². The molecule has 0 saturated carbocycles. The molecule has 1 unspecified atom stereocenters. The van der Waals surface area contributed by atoms with Gasteiger partial charge in [-0.25, -0.2) is 4.79 Å². The first-order chi connectivity index (χ1) is 8.58. The Labute approximate surface area is 103 Å². The Morgan fingerprint density at radius 2 is 1.20 bits per heavy atom. The van der Waals surface area contributed by atoms with E-state index in [1.807, 2.05) is 0 Å². The van der Waals surface area contributed by atoms with Gasteiger partial charge in [0.25, 0.3) is 0 Å². The van der Waals surface area contributed by atoms with Crippen molar-refractivity contribution in [3.8, 4) is 0 Å². The lowest BCUT2D eigenvalue weighted by Gasteiger charge is -2.28. The number of carboxylic acid groups (broad SMARTS) is 1. The van der Waals surface area contributed by atoms with Gasteiger partial charge in [-0.15, -0.1) is 0 Å². The van der Waals surface area contributed by atoms with Gasteiger partial charge in [-0.3, -0.25) is 4.79 Å². The van der Waals surface area contributed by atoms with Crippen LogP contribution in [0.3, 0.4) is 0 Å². The zero-order chi connectivity index (χ0) is 16.5. The second-order valence-corrected chi connectivity index (χ2v) is 3.35. The number of amides is 1. The quantitative estimate of drug-likeness (QED) is 0.780. The molecular formula is C7H4F9NO3. The van der Waals surface area contributed by atoms with Gasteiger partial charge in [0.1, 0.15) is 6.04 Å². The molecule has 13 heteroatoms. The average molecular weight is 321 g/mol. The molecule has 2 N–H and O–H groups in total. The second kappa shape index (κ2) is 5.36. The van der Waals surface area contributed by atoms with Crippen LogP contribution in [0, 0.1) is 5.92 Å². The number of carbonyl (C=O) groups is 2. The molecule has 1 amide bonds. The molecule has 0 fully saturated rings. The van der Waals surface area contributed by atoms with E-state index in [1.54, 1.807) is 0 Å². The van der Waals surface area contributed by atoms with E-state index in [-0.39, 0.29) is 5.32 Å². The lowest BCUT2D eigenvalue weighted by molar-refractivity contribution is -0.291. The summed E-state index contributed by atoms with van der Waals surface area (Å²) in [6, 6.07) is -3.86. The molecule has 0 saturated heterocycles. The van der Waals surface area contributed by atoms with Gasteiger partial charge in [0.15, 0.2) is 5.92 Å². The lowest BCUT2D eigenvalue weighted by Crippen LogP contribution is -2.58. The van der Waals surface area contributed by atoms with E-state index in [9.17, 15) is 49.1 Å². The number of hydrogen-bond donors (Lipinski definition) is 2. The Morgan fingerprint density at radius 3 is 1.40 bits per heavy atom. The van der Waals surface area contributed by atoms with Crippen LogP contribution in [0.5, 0.6) is 0 Å². The Kier molecular flexibility index (Phi) is 4.91. The van der Waals surface area contributed by atoms with E-state index in [2.05, 4.69) is 0 Å². The first kappa shape index (κ1) is 18.3. The zero-order valence-electron chi connectivity index (χ0n) is 8.82. The van der Waals surface area contributed by atoms with Gasteiger partial charge in [-0.1, -0.05) is 0 Å². The van der Waals surface area contributed by atoms with Crippen molar-refractivity contribution in [1.82, 2.24) is 5.32 Å². The van der Waals surface area contributed by atoms with Crippen molar-refractivity contribution in [2.24, 2.45) is 5.92 Å². The van der Waals surface area contributed by atoms with Crippen molar-refractivity contribution in [3.63, 3.8) is 0 Å². The number of carboxylic acids is 1. The lowest BCUT2D eigenvalue weighted by atomic mass is 9.98. The summed E-state index contributed by atoms with van der Waals surface area (Å²) in [6.07, 6.45) is -18.3. The van der Waals surface area contributed by atoms with Crippen LogP contribution in [-0.4, -0.2) is 41.6 Å². The highest BCUT2D eigenvalue weighted by Gasteiger charge is 2.63. The van der Waals surface area contributed by atoms with Gasteiger partial charge in [-0.2, -0.15) is 39.5 Å². The highest BCUT2D eigenvalue weighted by atomic mass is 19.4. The molecular weight excluding hydrogens is 317 g/mol. The number of carbonyl (C=O) groups excluding carboxylic acids is 1. The van der Waals surface area contributed by atoms with Crippen LogP contribution in [0.4, 0.5) is 39.5 Å². The fraction of sp³-hybridized carbons (Fsp3) is 0.714. The fourth-order valence-electron chi connectivity index (χ4n) is 1.07. The number of hydrogen-bond acceptors (Lipinski definition) is 2. The minimum Gasteiger partial charge on any atom is -0.480 e. The van der Waals surface area contributed by atoms with Gasteiger partial charge in [-0.05, 0) is 0 Å². The summed E-state index contributed by atoms with van der Waals surface area (Å²) in [5.74, 6) is -10.8. The van der Waals surface area contributed by atoms with Gasteiger partial charge in [0.2, 0.25) is 0 Å². The molecule has 0 aliphatic heterocycles. The van der Waals surface area contributed by atoms with Crippen LogP contribution in [0.2, 0.25) is 0 Å². The maximum absolute atomic E-state index is 12.2. The summed E-state index contributed by atoms with van der Waals surface area (Å²) in [7, 11) is 0. The SMILES string of the molecule is O=C(O)C(NC(=O)C(F)(F)F)C(C(F)(F)F)C(F)(F)F. The molecule has 1 atom stereocenters. The third kappa shape index (κ3) is 4.77. The van der Waals surface area contributed by atoms with Crippen LogP contribution < -0.4 is 5.32 Å². The van der Waals surface area contributed by atoms with Gasteiger partial charge in [0, 0.05) is 0 Å². The van der Waals surface area contributed by atoms with E-state index >= 15 is 0 Å². The highest BCUT2D eigenvalue weighted by Crippen LogP contribution is 2.41. The molecule has 0 radical (unpaired) electrons. The predicted molar refractivity (Wildman–Crippen MR) is 41.2 cm³/mol. The summed E-state index contributed by atoms with van der Waals surface area (Å²) >= 11 is 0. The number of alkyl halides is 9. The Bertz CT molecular complexity index is 368. The van der Waals surface area contributed by atoms with Gasteiger partial charge < -0.3 is 10.4 Å². The Morgan fingerprint density at radius 1 is 0.850 bits per heavy atom. The molecule has 4 nitrogen and oxygen atoms in total. The van der Waals surface area contributed by atoms with Crippen molar-refractivity contribution in [2.75, 3.05) is 0 Å². The summed E-state index contributed by atoms with van der Waals surface area (Å²) in [4.78, 5) is 20.6. The summed E-state index contributed by atoms with van der Waals surface area (Å²) in [6.45, 7) is 0. The molecule has 0 aliphatic rings. The van der Waals surface area contributed by atoms with Gasteiger partial charge in [0.05, 0.1) is 0 Å². The van der Waals surface area contributed by atoms with Crippen molar-refractivity contribution >= 4 is 11.9 Å². The number of halogens is 9. The normalized spacial score (nSPS) is 15.1. The largest absolute Gasteiger partial charge is 0.480 e. The number of aliphatic carboxylic acids is 1. The minimum atomic E-state index is -6.22. The highest BCUT2D eigenvalue weighted by molar-refractivity contribution is 5.87. The van der Waals surface area contributed by atoms with E-state index in [1.165, 1.54) is 0 Å². The summed E-state index contributed by atoms with van der Waals surface area (Å²) in [5, 5.41) is 8.37. The van der Waals surface area contributed by atoms with Crippen LogP contribution in [-0.2, 0) is 9.59 Å². The van der Waals surface area contributed by atoms with Crippen molar-refractivity contribution in [2.45, 2.75) is 24.6 Å². The topological polar surface area (TPSA) is 66.4 Å². The summed E-state index contributed by atoms with van der Waals surface area (Å²) < 4.78 is 108. The molecule has 0 bridgehead atoms. The van der Waals surface area contributed by atoms with Gasteiger partial charge >= 0.3 is 30.4 Å². The Hall–Kier alpha value is -1.69. The smallest absolute Gasteiger partial charge is 0.471 e. The van der Waals surface area contributed by atoms with Crippen LogP contribution in [0.1, 0.15) is 0 Å². The maximum atomic E-state index is 12.2. The second-order valence-electron chi connectivity index (χ2n) is 3.35. The van der Waals surface area contributed by atoms with Crippen molar-refractivity contribution in [1.29, 1.82) is 0 Å². The number of nitrogens with one attached hydrogen (secondary N) is 1. The molecule has 0 spiro atoms. The monoisotopic (exact) mass is 321 g/mol. The molecule has 0 aromatic heterocycles. The van der Waals surface area contributed by atoms with E-state index < -0.39 is 42.4 Å². The van der Waals surface area contributed by atoms with Crippen molar-refractivity contribution < 1.29 is 54.2 Å². The molecule has 20 heavy (non-hydrogen) atoms. The molecule has 118 valence electrons. The zero-order valence-corrected chi connectivity index (χ0v) is 8.82. The van der Waals surface area contributed by atoms with Crippen LogP contribution in [0.25, 0.3) is 0 Å². The first-order valence-electron chi connectivity index (χ1n) is 4.32. The summed E-state index contributed by atoms with van der Waals surface area (Å²) in [5.41, 5.74) is 0.